The van der Waals surface area contributed by atoms with Crippen LogP contribution in [0.15, 0.2) is 23.2 Å². The Hall–Kier alpha value is -1.67. The third-order valence-electron chi connectivity index (χ3n) is 5.51. The Balaban J connectivity index is 0.000000180. The van der Waals surface area contributed by atoms with E-state index in [4.69, 9.17) is 9.79 Å². The molecule has 10 heteroatoms. The van der Waals surface area contributed by atoms with Crippen molar-refractivity contribution in [1.82, 2.24) is 14.7 Å². The summed E-state index contributed by atoms with van der Waals surface area (Å²) in [5.74, 6) is 0.319. The van der Waals surface area contributed by atoms with Gasteiger partial charge in [-0.1, -0.05) is 33.1 Å². The van der Waals surface area contributed by atoms with Crippen molar-refractivity contribution >= 4 is 19.4 Å². The molecule has 0 aromatic heterocycles. The highest BCUT2D eigenvalue weighted by Crippen LogP contribution is 2.37. The lowest BCUT2D eigenvalue weighted by Crippen LogP contribution is -2.29. The van der Waals surface area contributed by atoms with Crippen LogP contribution in [0.5, 0.6) is 0 Å². The van der Waals surface area contributed by atoms with Crippen molar-refractivity contribution in [3.8, 4) is 0 Å². The van der Waals surface area contributed by atoms with Crippen LogP contribution in [-0.2, 0) is 18.7 Å². The summed E-state index contributed by atoms with van der Waals surface area (Å²) in [7, 11) is -4.26. The molecule has 9 nitrogen and oxygen atoms in total. The molecule has 0 aromatic carbocycles. The first-order chi connectivity index (χ1) is 14.2. The lowest BCUT2D eigenvalue weighted by atomic mass is 10.0. The van der Waals surface area contributed by atoms with Crippen LogP contribution < -0.4 is 0 Å². The largest absolute Gasteiger partial charge is 0.469 e. The maximum absolute atomic E-state index is 12.4. The van der Waals surface area contributed by atoms with Gasteiger partial charge < -0.3 is 24.5 Å². The van der Waals surface area contributed by atoms with E-state index in [-0.39, 0.29) is 24.1 Å². The Labute approximate surface area is 177 Å². The number of hydrogen-bond donors (Lipinski definition) is 2. The Morgan fingerprint density at radius 3 is 2.03 bits per heavy atom. The number of nitrogens with zero attached hydrogens (tertiary/aromatic N) is 3. The molecule has 3 saturated heterocycles. The number of allylic oxidation sites excluding steroid dienone is 1. The van der Waals surface area contributed by atoms with Crippen LogP contribution in [0.25, 0.3) is 0 Å². The Morgan fingerprint density at radius 2 is 1.57 bits per heavy atom. The average Bonchev–Trinajstić information content (AvgIpc) is 3.55. The van der Waals surface area contributed by atoms with Gasteiger partial charge in [-0.3, -0.25) is 14.1 Å². The molecule has 1 aliphatic carbocycles. The number of unbranched alkanes of at least 4 members (excludes halogenated alkanes) is 1. The summed E-state index contributed by atoms with van der Waals surface area (Å²) < 4.78 is 14.8. The second-order valence-electron chi connectivity index (χ2n) is 8.08. The van der Waals surface area contributed by atoms with Crippen LogP contribution >= 0.6 is 7.82 Å². The van der Waals surface area contributed by atoms with Gasteiger partial charge in [-0.25, -0.2) is 4.57 Å². The zero-order valence-electron chi connectivity index (χ0n) is 17.7. The fourth-order valence-electron chi connectivity index (χ4n) is 3.38. The highest BCUT2D eigenvalue weighted by atomic mass is 31.2. The number of phosphoric ester groups is 1. The van der Waals surface area contributed by atoms with Gasteiger partial charge in [0.05, 0.1) is 12.3 Å². The summed E-state index contributed by atoms with van der Waals surface area (Å²) in [6.45, 7) is 9.67. The number of phosphoric acid groups is 1. The van der Waals surface area contributed by atoms with E-state index < -0.39 is 7.82 Å². The molecule has 0 amide bonds. The number of Topliss-reactive ketones (excluding diaryl/α,β-unsaturated/α-hetero) is 1. The van der Waals surface area contributed by atoms with Crippen molar-refractivity contribution in [2.45, 2.75) is 39.5 Å². The van der Waals surface area contributed by atoms with Crippen molar-refractivity contribution in [2.75, 3.05) is 45.9 Å². The molecular formula is C20H32N3O6P. The summed E-state index contributed by atoms with van der Waals surface area (Å²) in [6.07, 6.45) is 5.60. The third-order valence-corrected chi connectivity index (χ3v) is 6.00. The molecule has 0 aromatic rings. The van der Waals surface area contributed by atoms with Gasteiger partial charge in [0.2, 0.25) is 11.6 Å². The number of carbonyl (C=O) groups is 2. The van der Waals surface area contributed by atoms with E-state index in [0.29, 0.717) is 17.1 Å². The van der Waals surface area contributed by atoms with Gasteiger partial charge in [-0.05, 0) is 12.3 Å². The van der Waals surface area contributed by atoms with E-state index in [1.165, 1.54) is 6.08 Å². The first-order valence-electron chi connectivity index (χ1n) is 10.7. The van der Waals surface area contributed by atoms with Crippen LogP contribution in [0.3, 0.4) is 0 Å². The monoisotopic (exact) mass is 441 g/mol. The molecular weight excluding hydrogens is 409 g/mol. The predicted octanol–water partition coefficient (Wildman–Crippen LogP) is 1.49. The van der Waals surface area contributed by atoms with Crippen molar-refractivity contribution in [1.29, 1.82) is 0 Å². The molecule has 4 rings (SSSR count). The third kappa shape index (κ3) is 6.41. The summed E-state index contributed by atoms with van der Waals surface area (Å²) in [4.78, 5) is 47.4. The highest BCUT2D eigenvalue weighted by Gasteiger charge is 2.43. The van der Waals surface area contributed by atoms with E-state index in [2.05, 4.69) is 11.4 Å². The normalized spacial score (nSPS) is 21.3. The fraction of sp³-hybridized carbons (Fsp3) is 0.700. The highest BCUT2D eigenvalue weighted by molar-refractivity contribution is 7.46. The van der Waals surface area contributed by atoms with Gasteiger partial charge in [0.25, 0.3) is 0 Å². The standard InChI is InChI=1S/C12H13N3O2.C8H19O4P/c16-9-7-8(13-1-2-13)12(17)11(15-5-6-15)10(9)14-3-4-14;1-3-5-6-8(4-2)7-12-13(9,10)11/h7H,1-6H2;8H,3-7H2,1-2H3,(H2,9,10,11). The summed E-state index contributed by atoms with van der Waals surface area (Å²) >= 11 is 0. The zero-order valence-corrected chi connectivity index (χ0v) is 18.6. The van der Waals surface area contributed by atoms with Gasteiger partial charge in [0, 0.05) is 45.3 Å². The molecule has 0 saturated carbocycles. The van der Waals surface area contributed by atoms with E-state index in [1.807, 2.05) is 21.6 Å². The molecule has 1 atom stereocenters. The van der Waals surface area contributed by atoms with E-state index in [1.54, 1.807) is 0 Å². The molecule has 3 aliphatic heterocycles. The molecule has 0 spiro atoms. The fourth-order valence-corrected chi connectivity index (χ4v) is 3.78. The molecule has 3 fully saturated rings. The van der Waals surface area contributed by atoms with Crippen molar-refractivity contribution in [2.24, 2.45) is 5.92 Å². The number of hydrogen-bond acceptors (Lipinski definition) is 7. The summed E-state index contributed by atoms with van der Waals surface area (Å²) in [6, 6.07) is 0. The SMILES string of the molecule is CCCCC(CC)COP(=O)(O)O.O=C1C=C(N2CC2)C(=O)C(N2CC2)=C1N1CC1. The number of ketones is 2. The lowest BCUT2D eigenvalue weighted by molar-refractivity contribution is -0.117. The zero-order chi connectivity index (χ0) is 21.9. The van der Waals surface area contributed by atoms with E-state index >= 15 is 0 Å². The van der Waals surface area contributed by atoms with Crippen molar-refractivity contribution < 1.29 is 28.5 Å². The van der Waals surface area contributed by atoms with E-state index in [9.17, 15) is 14.2 Å². The smallest absolute Gasteiger partial charge is 0.365 e. The maximum Gasteiger partial charge on any atom is 0.469 e. The van der Waals surface area contributed by atoms with Gasteiger partial charge in [-0.15, -0.1) is 0 Å². The Morgan fingerprint density at radius 1 is 1.00 bits per heavy atom. The second kappa shape index (κ2) is 9.64. The van der Waals surface area contributed by atoms with Gasteiger partial charge >= 0.3 is 7.82 Å². The van der Waals surface area contributed by atoms with Crippen LogP contribution in [0.4, 0.5) is 0 Å². The minimum atomic E-state index is -4.26. The van der Waals surface area contributed by atoms with Gasteiger partial charge in [-0.2, -0.15) is 0 Å². The molecule has 0 bridgehead atoms. The second-order valence-corrected chi connectivity index (χ2v) is 9.32. The number of carbonyl (C=O) groups excluding carboxylic acids is 2. The lowest BCUT2D eigenvalue weighted by Gasteiger charge is -2.21. The molecule has 1 unspecified atom stereocenters. The molecule has 2 N–H and O–H groups in total. The molecule has 0 radical (unpaired) electrons. The molecule has 168 valence electrons. The predicted molar refractivity (Wildman–Crippen MR) is 111 cm³/mol. The summed E-state index contributed by atoms with van der Waals surface area (Å²) in [5, 5.41) is 0. The van der Waals surface area contributed by atoms with Crippen LogP contribution in [0.1, 0.15) is 39.5 Å². The van der Waals surface area contributed by atoms with E-state index in [0.717, 1.165) is 65.0 Å². The van der Waals surface area contributed by atoms with Crippen LogP contribution in [-0.4, -0.2) is 81.9 Å². The molecule has 30 heavy (non-hydrogen) atoms. The average molecular weight is 441 g/mol. The molecule has 4 aliphatic rings. The van der Waals surface area contributed by atoms with Crippen molar-refractivity contribution in [3.63, 3.8) is 0 Å². The van der Waals surface area contributed by atoms with Crippen LogP contribution in [0, 0.1) is 5.92 Å². The van der Waals surface area contributed by atoms with Crippen LogP contribution in [0.2, 0.25) is 0 Å². The number of rotatable bonds is 10. The Kier molecular flexibility index (Phi) is 7.39. The minimum Gasteiger partial charge on any atom is -0.365 e. The topological polar surface area (TPSA) is 110 Å². The van der Waals surface area contributed by atoms with Crippen molar-refractivity contribution in [3.05, 3.63) is 23.2 Å². The quantitative estimate of drug-likeness (QED) is 0.296. The van der Waals surface area contributed by atoms with Gasteiger partial charge in [0.15, 0.2) is 0 Å². The first-order valence-corrected chi connectivity index (χ1v) is 12.3. The first kappa shape index (κ1) is 23.0. The maximum atomic E-state index is 12.4. The minimum absolute atomic E-state index is 0.00546. The summed E-state index contributed by atoms with van der Waals surface area (Å²) in [5.41, 5.74) is 1.89. The van der Waals surface area contributed by atoms with Gasteiger partial charge in [0.1, 0.15) is 11.4 Å². The Bertz CT molecular complexity index is 777. The molecule has 3 heterocycles.